The van der Waals surface area contributed by atoms with E-state index in [2.05, 4.69) is 0 Å². The minimum atomic E-state index is -0.442. The number of ether oxygens (including phenoxy) is 2. The highest BCUT2D eigenvalue weighted by atomic mass is 32.2. The Hall–Kier alpha value is -1.27. The molecule has 1 saturated heterocycles. The standard InChI is InChI=1S/C22H32FNO3S/c1-22(2,3)27-21(25)24-9-7-15(8-10-24)19-11-17(19)14-26-13-16-5-6-18(28-4)12-20(16)23/h5-6,12,15,17,19H,7-11,13-14H2,1-4H3. The number of hydrogen-bond donors (Lipinski definition) is 0. The summed E-state index contributed by atoms with van der Waals surface area (Å²) in [5.41, 5.74) is 0.183. The number of piperidine rings is 1. The van der Waals surface area contributed by atoms with Crippen molar-refractivity contribution in [3.63, 3.8) is 0 Å². The molecule has 156 valence electrons. The number of hydrogen-bond acceptors (Lipinski definition) is 4. The molecule has 0 bridgehead atoms. The predicted octanol–water partition coefficient (Wildman–Crippen LogP) is 5.35. The molecule has 1 saturated carbocycles. The Balaban J connectivity index is 1.36. The Morgan fingerprint density at radius 3 is 2.61 bits per heavy atom. The van der Waals surface area contributed by atoms with Crippen LogP contribution in [0.3, 0.4) is 0 Å². The molecule has 1 heterocycles. The Bertz CT molecular complexity index is 683. The first-order chi connectivity index (χ1) is 13.3. The van der Waals surface area contributed by atoms with Crippen molar-refractivity contribution in [3.8, 4) is 0 Å². The van der Waals surface area contributed by atoms with Crippen LogP contribution < -0.4 is 0 Å². The van der Waals surface area contributed by atoms with Crippen molar-refractivity contribution in [3.05, 3.63) is 29.6 Å². The first-order valence-electron chi connectivity index (χ1n) is 10.1. The van der Waals surface area contributed by atoms with E-state index in [-0.39, 0.29) is 11.9 Å². The van der Waals surface area contributed by atoms with Crippen LogP contribution in [0.2, 0.25) is 0 Å². The lowest BCUT2D eigenvalue weighted by molar-refractivity contribution is 0.0169. The lowest BCUT2D eigenvalue weighted by Gasteiger charge is -2.33. The zero-order valence-electron chi connectivity index (χ0n) is 17.4. The molecule has 0 radical (unpaired) electrons. The third-order valence-corrected chi connectivity index (χ3v) is 6.35. The number of halogens is 1. The van der Waals surface area contributed by atoms with Gasteiger partial charge < -0.3 is 14.4 Å². The quantitative estimate of drug-likeness (QED) is 0.594. The highest BCUT2D eigenvalue weighted by molar-refractivity contribution is 7.98. The van der Waals surface area contributed by atoms with Crippen LogP contribution in [0.5, 0.6) is 0 Å². The number of amides is 1. The van der Waals surface area contributed by atoms with Gasteiger partial charge in [-0.15, -0.1) is 11.8 Å². The van der Waals surface area contributed by atoms with Crippen LogP contribution in [0.4, 0.5) is 9.18 Å². The first-order valence-corrected chi connectivity index (χ1v) is 11.4. The molecule has 1 aliphatic carbocycles. The molecule has 1 aliphatic heterocycles. The lowest BCUT2D eigenvalue weighted by atomic mass is 9.91. The van der Waals surface area contributed by atoms with E-state index in [0.29, 0.717) is 36.5 Å². The summed E-state index contributed by atoms with van der Waals surface area (Å²) < 4.78 is 25.3. The van der Waals surface area contributed by atoms with E-state index >= 15 is 0 Å². The van der Waals surface area contributed by atoms with Gasteiger partial charge in [0.05, 0.1) is 13.2 Å². The van der Waals surface area contributed by atoms with Gasteiger partial charge in [0.2, 0.25) is 0 Å². The Labute approximate surface area is 172 Å². The van der Waals surface area contributed by atoms with Crippen LogP contribution in [-0.4, -0.2) is 42.5 Å². The van der Waals surface area contributed by atoms with Crippen molar-refractivity contribution in [1.29, 1.82) is 0 Å². The first kappa shape index (κ1) is 21.4. The third-order valence-electron chi connectivity index (χ3n) is 5.62. The molecular weight excluding hydrogens is 377 g/mol. The van der Waals surface area contributed by atoms with Crippen molar-refractivity contribution in [1.82, 2.24) is 4.90 Å². The number of rotatable bonds is 6. The van der Waals surface area contributed by atoms with Gasteiger partial charge in [-0.1, -0.05) is 6.07 Å². The average molecular weight is 410 g/mol. The van der Waals surface area contributed by atoms with Gasteiger partial charge in [0.25, 0.3) is 0 Å². The normalized spacial score (nSPS) is 23.0. The molecule has 4 nitrogen and oxygen atoms in total. The minimum absolute atomic E-state index is 0.186. The van der Waals surface area contributed by atoms with Crippen LogP contribution in [-0.2, 0) is 16.1 Å². The van der Waals surface area contributed by atoms with Gasteiger partial charge in [-0.2, -0.15) is 0 Å². The molecule has 28 heavy (non-hydrogen) atoms. The van der Waals surface area contributed by atoms with Gasteiger partial charge in [0.1, 0.15) is 11.4 Å². The lowest BCUT2D eigenvalue weighted by Crippen LogP contribution is -2.42. The highest BCUT2D eigenvalue weighted by Crippen LogP contribution is 2.48. The second-order valence-electron chi connectivity index (χ2n) is 8.94. The molecule has 0 aromatic heterocycles. The number of benzene rings is 1. The maximum atomic E-state index is 14.0. The molecule has 2 fully saturated rings. The molecule has 2 aliphatic rings. The van der Waals surface area contributed by atoms with Gasteiger partial charge in [-0.3, -0.25) is 0 Å². The number of likely N-dealkylation sites (tertiary alicyclic amines) is 1. The average Bonchev–Trinajstić information content (AvgIpc) is 3.41. The summed E-state index contributed by atoms with van der Waals surface area (Å²) in [6.07, 6.45) is 4.99. The van der Waals surface area contributed by atoms with Crippen molar-refractivity contribution in [2.45, 2.75) is 57.1 Å². The molecule has 1 aromatic rings. The smallest absolute Gasteiger partial charge is 0.410 e. The van der Waals surface area contributed by atoms with Gasteiger partial charge in [-0.25, -0.2) is 9.18 Å². The molecule has 0 spiro atoms. The van der Waals surface area contributed by atoms with E-state index in [1.807, 2.05) is 44.1 Å². The maximum Gasteiger partial charge on any atom is 0.410 e. The molecule has 3 rings (SSSR count). The summed E-state index contributed by atoms with van der Waals surface area (Å²) in [6, 6.07) is 5.32. The zero-order chi connectivity index (χ0) is 20.3. The van der Waals surface area contributed by atoms with E-state index in [4.69, 9.17) is 9.47 Å². The van der Waals surface area contributed by atoms with Gasteiger partial charge in [0, 0.05) is 23.5 Å². The Kier molecular flexibility index (Phi) is 6.92. The van der Waals surface area contributed by atoms with Crippen molar-refractivity contribution in [2.75, 3.05) is 26.0 Å². The number of thioether (sulfide) groups is 1. The van der Waals surface area contributed by atoms with E-state index in [0.717, 1.165) is 30.8 Å². The largest absolute Gasteiger partial charge is 0.444 e. The summed E-state index contributed by atoms with van der Waals surface area (Å²) in [6.45, 7) is 8.27. The number of nitrogens with zero attached hydrogens (tertiary/aromatic N) is 1. The summed E-state index contributed by atoms with van der Waals surface area (Å²) in [5.74, 6) is 1.73. The summed E-state index contributed by atoms with van der Waals surface area (Å²) in [5, 5.41) is 0. The van der Waals surface area contributed by atoms with Crippen LogP contribution >= 0.6 is 11.8 Å². The second-order valence-corrected chi connectivity index (χ2v) is 9.82. The van der Waals surface area contributed by atoms with Crippen LogP contribution in [0, 0.1) is 23.6 Å². The maximum absolute atomic E-state index is 14.0. The molecule has 0 N–H and O–H groups in total. The molecule has 2 unspecified atom stereocenters. The minimum Gasteiger partial charge on any atom is -0.444 e. The molecule has 1 aromatic carbocycles. The van der Waals surface area contributed by atoms with Gasteiger partial charge in [-0.05, 0) is 76.2 Å². The van der Waals surface area contributed by atoms with Crippen LogP contribution in [0.25, 0.3) is 0 Å². The van der Waals surface area contributed by atoms with E-state index in [1.165, 1.54) is 18.2 Å². The molecular formula is C22H32FNO3S. The van der Waals surface area contributed by atoms with Crippen molar-refractivity contribution in [2.24, 2.45) is 17.8 Å². The monoisotopic (exact) mass is 409 g/mol. The van der Waals surface area contributed by atoms with Crippen molar-refractivity contribution >= 4 is 17.9 Å². The Morgan fingerprint density at radius 2 is 2.00 bits per heavy atom. The zero-order valence-corrected chi connectivity index (χ0v) is 18.2. The van der Waals surface area contributed by atoms with Gasteiger partial charge in [0.15, 0.2) is 0 Å². The fourth-order valence-electron chi connectivity index (χ4n) is 3.97. The van der Waals surface area contributed by atoms with E-state index in [9.17, 15) is 9.18 Å². The van der Waals surface area contributed by atoms with Crippen LogP contribution in [0.1, 0.15) is 45.6 Å². The predicted molar refractivity (Wildman–Crippen MR) is 110 cm³/mol. The summed E-state index contributed by atoms with van der Waals surface area (Å²) >= 11 is 1.54. The number of carbonyl (C=O) groups excluding carboxylic acids is 1. The fourth-order valence-corrected chi connectivity index (χ4v) is 4.39. The SMILES string of the molecule is CSc1ccc(COCC2CC2C2CCN(C(=O)OC(C)(C)C)CC2)c(F)c1. The summed E-state index contributed by atoms with van der Waals surface area (Å²) in [7, 11) is 0. The fraction of sp³-hybridized carbons (Fsp3) is 0.682. The molecule has 1 amide bonds. The number of carbonyl (C=O) groups is 1. The topological polar surface area (TPSA) is 38.8 Å². The van der Waals surface area contributed by atoms with Crippen molar-refractivity contribution < 1.29 is 18.7 Å². The van der Waals surface area contributed by atoms with E-state index < -0.39 is 5.60 Å². The second kappa shape index (κ2) is 9.04. The Morgan fingerprint density at radius 1 is 1.29 bits per heavy atom. The van der Waals surface area contributed by atoms with Crippen LogP contribution in [0.15, 0.2) is 23.1 Å². The van der Waals surface area contributed by atoms with Gasteiger partial charge >= 0.3 is 6.09 Å². The third kappa shape index (κ3) is 5.86. The molecule has 6 heteroatoms. The highest BCUT2D eigenvalue weighted by Gasteiger charge is 2.44. The molecule has 2 atom stereocenters. The summed E-state index contributed by atoms with van der Waals surface area (Å²) in [4.78, 5) is 14.9. The van der Waals surface area contributed by atoms with E-state index in [1.54, 1.807) is 6.07 Å².